The van der Waals surface area contributed by atoms with Gasteiger partial charge in [-0.25, -0.2) is 8.78 Å². The van der Waals surface area contributed by atoms with Gasteiger partial charge in [0.1, 0.15) is 17.5 Å². The predicted molar refractivity (Wildman–Crippen MR) is 182 cm³/mol. The zero-order chi connectivity index (χ0) is 39.6. The number of hydrogen-bond donors (Lipinski definition) is 1. The molecule has 15 heteroatoms. The van der Waals surface area contributed by atoms with Gasteiger partial charge in [0.15, 0.2) is 0 Å². The fourth-order valence-electron chi connectivity index (χ4n) is 6.74. The van der Waals surface area contributed by atoms with Gasteiger partial charge in [-0.3, -0.25) is 14.4 Å². The lowest BCUT2D eigenvalue weighted by Gasteiger charge is -2.31. The van der Waals surface area contributed by atoms with Gasteiger partial charge in [0, 0.05) is 30.8 Å². The summed E-state index contributed by atoms with van der Waals surface area (Å²) in [6.45, 7) is 10.1. The molecule has 0 aliphatic carbocycles. The summed E-state index contributed by atoms with van der Waals surface area (Å²) in [5.41, 5.74) is -5.27. The van der Waals surface area contributed by atoms with E-state index in [0.29, 0.717) is 46.5 Å². The number of aryl methyl sites for hydroxylation is 3. The van der Waals surface area contributed by atoms with Crippen molar-refractivity contribution in [2.75, 3.05) is 26.2 Å². The Bertz CT molecular complexity index is 1870. The summed E-state index contributed by atoms with van der Waals surface area (Å²) in [6.07, 6.45) is -10.3. The lowest BCUT2D eigenvalue weighted by atomic mass is 9.89. The van der Waals surface area contributed by atoms with Gasteiger partial charge in [-0.15, -0.1) is 0 Å². The maximum atomic E-state index is 16.1. The molecule has 7 nitrogen and oxygen atoms in total. The molecule has 1 unspecified atom stereocenters. The van der Waals surface area contributed by atoms with E-state index in [1.54, 1.807) is 32.9 Å². The number of carbonyl (C=O) groups is 2. The number of alkyl halides is 7. The number of esters is 1. The fraction of sp³-hybridized carbons (Fsp3) is 0.500. The van der Waals surface area contributed by atoms with Crippen molar-refractivity contribution in [3.8, 4) is 11.1 Å². The first-order valence-corrected chi connectivity index (χ1v) is 17.2. The Morgan fingerprint density at radius 1 is 0.906 bits per heavy atom. The molecular formula is C38H43F8N3O4. The number of hydrogen-bond acceptors (Lipinski definition) is 5. The van der Waals surface area contributed by atoms with Crippen molar-refractivity contribution in [3.05, 3.63) is 91.6 Å². The molecule has 3 aromatic rings. The minimum atomic E-state index is -5.22. The molecule has 0 bridgehead atoms. The Hall–Kier alpha value is -4.27. The summed E-state index contributed by atoms with van der Waals surface area (Å²) in [5.74, 6) is -4.07. The van der Waals surface area contributed by atoms with Gasteiger partial charge in [-0.1, -0.05) is 17.7 Å². The highest BCUT2D eigenvalue weighted by atomic mass is 19.4. The molecule has 2 aromatic carbocycles. The smallest absolute Gasteiger partial charge is 0.419 e. The first-order chi connectivity index (χ1) is 24.5. The first-order valence-electron chi connectivity index (χ1n) is 17.2. The van der Waals surface area contributed by atoms with Crippen LogP contribution < -0.4 is 10.9 Å². The summed E-state index contributed by atoms with van der Waals surface area (Å²) >= 11 is 0. The van der Waals surface area contributed by atoms with E-state index in [2.05, 4.69) is 5.32 Å². The third-order valence-electron chi connectivity index (χ3n) is 9.17. The Kier molecular flexibility index (Phi) is 12.5. The zero-order valence-corrected chi connectivity index (χ0v) is 30.3. The maximum Gasteiger partial charge on any atom is 0.419 e. The fourth-order valence-corrected chi connectivity index (χ4v) is 6.74. The van der Waals surface area contributed by atoms with E-state index in [-0.39, 0.29) is 30.7 Å². The number of likely N-dealkylation sites (tertiary alicyclic amines) is 1. The minimum absolute atomic E-state index is 0.0703. The number of nitrogens with one attached hydrogen (secondary N) is 1. The molecule has 0 radical (unpaired) electrons. The number of pyridine rings is 1. The van der Waals surface area contributed by atoms with Crippen LogP contribution in [0.1, 0.15) is 91.1 Å². The van der Waals surface area contributed by atoms with Gasteiger partial charge >= 0.3 is 18.3 Å². The lowest BCUT2D eigenvalue weighted by Crippen LogP contribution is -2.42. The lowest BCUT2D eigenvalue weighted by molar-refractivity contribution is -0.144. The van der Waals surface area contributed by atoms with E-state index >= 15 is 8.78 Å². The summed E-state index contributed by atoms with van der Waals surface area (Å²) in [5, 5.41) is 2.34. The molecular weight excluding hydrogens is 714 g/mol. The second-order valence-corrected chi connectivity index (χ2v) is 14.1. The molecule has 1 aliphatic rings. The van der Waals surface area contributed by atoms with E-state index in [1.165, 1.54) is 6.92 Å². The van der Waals surface area contributed by atoms with E-state index in [9.17, 15) is 40.7 Å². The number of ether oxygens (including phenoxy) is 1. The van der Waals surface area contributed by atoms with Gasteiger partial charge in [0.25, 0.3) is 5.56 Å². The molecule has 1 amide bonds. The molecule has 1 saturated heterocycles. The van der Waals surface area contributed by atoms with Crippen LogP contribution in [0.4, 0.5) is 35.1 Å². The average Bonchev–Trinajstić information content (AvgIpc) is 2.98. The molecule has 1 aromatic heterocycles. The maximum absolute atomic E-state index is 16.1. The first kappa shape index (κ1) is 41.5. The number of carbonyl (C=O) groups excluding carboxylic acids is 2. The van der Waals surface area contributed by atoms with Gasteiger partial charge in [-0.2, -0.15) is 26.3 Å². The normalized spacial score (nSPS) is 15.1. The van der Waals surface area contributed by atoms with Crippen LogP contribution in [0, 0.1) is 26.6 Å². The number of rotatable bonds is 13. The van der Waals surface area contributed by atoms with Crippen molar-refractivity contribution in [3.63, 3.8) is 0 Å². The van der Waals surface area contributed by atoms with Crippen LogP contribution in [-0.4, -0.2) is 53.3 Å². The highest BCUT2D eigenvalue weighted by Crippen LogP contribution is 2.40. The van der Waals surface area contributed by atoms with Crippen LogP contribution in [0.5, 0.6) is 0 Å². The second-order valence-electron chi connectivity index (χ2n) is 14.1. The third kappa shape index (κ3) is 10.2. The number of nitrogens with zero attached hydrogens (tertiary/aromatic N) is 2. The van der Waals surface area contributed by atoms with Gasteiger partial charge in [0.05, 0.1) is 30.2 Å². The molecule has 53 heavy (non-hydrogen) atoms. The molecule has 1 fully saturated rings. The van der Waals surface area contributed by atoms with Crippen LogP contribution in [0.3, 0.4) is 0 Å². The average molecular weight is 758 g/mol. The molecule has 290 valence electrons. The quantitative estimate of drug-likeness (QED) is 0.140. The highest BCUT2D eigenvalue weighted by Gasteiger charge is 2.40. The highest BCUT2D eigenvalue weighted by molar-refractivity contribution is 5.82. The minimum Gasteiger partial charge on any atom is -0.466 e. The Morgan fingerprint density at radius 3 is 2.02 bits per heavy atom. The van der Waals surface area contributed by atoms with E-state index in [1.807, 2.05) is 4.90 Å². The van der Waals surface area contributed by atoms with Crippen molar-refractivity contribution in [2.45, 2.75) is 97.3 Å². The van der Waals surface area contributed by atoms with Gasteiger partial charge in [0.2, 0.25) is 5.91 Å². The van der Waals surface area contributed by atoms with E-state index in [4.69, 9.17) is 4.74 Å². The van der Waals surface area contributed by atoms with E-state index in [0.717, 1.165) is 38.1 Å². The van der Waals surface area contributed by atoms with Gasteiger partial charge in [-0.05, 0) is 107 Å². The van der Waals surface area contributed by atoms with E-state index < -0.39 is 82.9 Å². The van der Waals surface area contributed by atoms with Crippen molar-refractivity contribution < 1.29 is 49.4 Å². The predicted octanol–water partition coefficient (Wildman–Crippen LogP) is 8.36. The summed E-state index contributed by atoms with van der Waals surface area (Å²) in [6, 6.07) is 1.75. The number of benzene rings is 2. The molecule has 0 saturated carbocycles. The summed E-state index contributed by atoms with van der Waals surface area (Å²) < 4.78 is 122. The third-order valence-corrected chi connectivity index (χ3v) is 9.17. The van der Waals surface area contributed by atoms with Crippen molar-refractivity contribution in [1.29, 1.82) is 0 Å². The molecule has 2 atom stereocenters. The molecule has 2 heterocycles. The second kappa shape index (κ2) is 16.0. The van der Waals surface area contributed by atoms with Crippen LogP contribution in [0.2, 0.25) is 0 Å². The van der Waals surface area contributed by atoms with Crippen LogP contribution in [0.15, 0.2) is 41.3 Å². The molecule has 0 spiro atoms. The Labute approximate surface area is 302 Å². The molecule has 1 N–H and O–H groups in total. The number of amides is 1. The van der Waals surface area contributed by atoms with Crippen molar-refractivity contribution >= 4 is 11.9 Å². The Morgan fingerprint density at radius 2 is 1.51 bits per heavy atom. The molecule has 1 aliphatic heterocycles. The number of halogens is 8. The summed E-state index contributed by atoms with van der Waals surface area (Å²) in [7, 11) is 0. The summed E-state index contributed by atoms with van der Waals surface area (Å²) in [4.78, 5) is 42.1. The monoisotopic (exact) mass is 757 g/mol. The Balaban J connectivity index is 1.89. The molecule has 4 rings (SSSR count). The SMILES string of the molecule is CCOC(=O)C[C@H](NC(=O)C(CC(C)(C)F)n1cc(CCN2CCC2)c(C(F)(F)F)cc1=O)c1cc(-c2c(C)cc(C)cc2C)cc(C(F)(F)F)c1F. The largest absolute Gasteiger partial charge is 0.466 e. The van der Waals surface area contributed by atoms with Crippen LogP contribution >= 0.6 is 0 Å². The van der Waals surface area contributed by atoms with Crippen LogP contribution in [0.25, 0.3) is 11.1 Å². The standard InChI is InChI=1S/C38H43F8N3O4/c1-7-53-32(51)18-29(26-15-25(16-28(34(26)39)38(44,45)46)33-22(3)13-21(2)14-23(33)4)47-35(52)30(19-36(5,6)40)49-20-24(9-12-48-10-8-11-48)27(17-31(49)50)37(41,42)43/h13-17,20,29-30H,7-12,18-19H2,1-6H3,(H,47,52)/t29-,30?/m0/s1. The van der Waals surface area contributed by atoms with Crippen molar-refractivity contribution in [2.24, 2.45) is 0 Å². The van der Waals surface area contributed by atoms with Crippen LogP contribution in [-0.2, 0) is 33.1 Å². The number of aromatic nitrogens is 1. The topological polar surface area (TPSA) is 80.6 Å². The van der Waals surface area contributed by atoms with Gasteiger partial charge < -0.3 is 19.5 Å². The van der Waals surface area contributed by atoms with Crippen molar-refractivity contribution in [1.82, 2.24) is 14.8 Å². The zero-order valence-electron chi connectivity index (χ0n) is 30.3.